The summed E-state index contributed by atoms with van der Waals surface area (Å²) in [6.45, 7) is 0. The van der Waals surface area contributed by atoms with Crippen LogP contribution in [0.3, 0.4) is 0 Å². The maximum atomic E-state index is 12.9. The highest BCUT2D eigenvalue weighted by Gasteiger charge is 2.27. The predicted molar refractivity (Wildman–Crippen MR) is 103 cm³/mol. The summed E-state index contributed by atoms with van der Waals surface area (Å²) in [5.41, 5.74) is 0.581. The summed E-state index contributed by atoms with van der Waals surface area (Å²) in [6, 6.07) is 20.5. The SMILES string of the molecule is O=C(O[C@H](C(=O)c1ccccc1)c1ccccc1)c1ccc([N+](=O)[O-])cc1Cl. The Morgan fingerprint density at radius 3 is 2.11 bits per heavy atom. The summed E-state index contributed by atoms with van der Waals surface area (Å²) in [5, 5.41) is 10.7. The molecule has 3 aromatic rings. The van der Waals surface area contributed by atoms with Crippen molar-refractivity contribution in [1.82, 2.24) is 0 Å². The summed E-state index contributed by atoms with van der Waals surface area (Å²) in [6.07, 6.45) is -1.18. The Kier molecular flexibility index (Phi) is 5.81. The van der Waals surface area contributed by atoms with E-state index in [1.165, 1.54) is 6.07 Å². The van der Waals surface area contributed by atoms with Gasteiger partial charge in [0, 0.05) is 23.3 Å². The molecule has 0 aliphatic heterocycles. The molecular formula is C21H14ClNO5. The van der Waals surface area contributed by atoms with Gasteiger partial charge in [-0.2, -0.15) is 0 Å². The fourth-order valence-electron chi connectivity index (χ4n) is 2.61. The highest BCUT2D eigenvalue weighted by Crippen LogP contribution is 2.27. The molecule has 140 valence electrons. The van der Waals surface area contributed by atoms with E-state index < -0.39 is 22.8 Å². The molecule has 28 heavy (non-hydrogen) atoms. The summed E-state index contributed by atoms with van der Waals surface area (Å²) >= 11 is 6.00. The van der Waals surface area contributed by atoms with Crippen LogP contribution < -0.4 is 0 Å². The Hall–Kier alpha value is -3.51. The molecule has 0 aliphatic rings. The van der Waals surface area contributed by atoms with Gasteiger partial charge < -0.3 is 4.74 Å². The number of carbonyl (C=O) groups is 2. The number of halogens is 1. The molecule has 0 bridgehead atoms. The second-order valence-electron chi connectivity index (χ2n) is 5.85. The van der Waals surface area contributed by atoms with E-state index >= 15 is 0 Å². The molecule has 7 heteroatoms. The van der Waals surface area contributed by atoms with Crippen LogP contribution in [-0.4, -0.2) is 16.7 Å². The number of nitro benzene ring substituents is 1. The minimum Gasteiger partial charge on any atom is -0.445 e. The number of hydrogen-bond acceptors (Lipinski definition) is 5. The number of nitrogens with zero attached hydrogens (tertiary/aromatic N) is 1. The van der Waals surface area contributed by atoms with Gasteiger partial charge in [0.1, 0.15) is 0 Å². The molecule has 3 aromatic carbocycles. The van der Waals surface area contributed by atoms with Gasteiger partial charge in [0.05, 0.1) is 15.5 Å². The maximum absolute atomic E-state index is 12.9. The lowest BCUT2D eigenvalue weighted by Gasteiger charge is -2.18. The van der Waals surface area contributed by atoms with Gasteiger partial charge in [-0.3, -0.25) is 14.9 Å². The third-order valence-electron chi connectivity index (χ3n) is 4.01. The molecule has 0 saturated carbocycles. The number of non-ortho nitro benzene ring substituents is 1. The predicted octanol–water partition coefficient (Wildman–Crippen LogP) is 5.03. The molecular weight excluding hydrogens is 382 g/mol. The van der Waals surface area contributed by atoms with Crippen molar-refractivity contribution in [3.8, 4) is 0 Å². The molecule has 0 fully saturated rings. The Morgan fingerprint density at radius 1 is 0.929 bits per heavy atom. The van der Waals surface area contributed by atoms with Gasteiger partial charge in [-0.25, -0.2) is 4.79 Å². The summed E-state index contributed by atoms with van der Waals surface area (Å²) in [4.78, 5) is 35.8. The normalized spacial score (nSPS) is 11.5. The van der Waals surface area contributed by atoms with E-state index in [1.54, 1.807) is 60.7 Å². The molecule has 0 radical (unpaired) electrons. The van der Waals surface area contributed by atoms with Crippen molar-refractivity contribution in [3.05, 3.63) is 111 Å². The van der Waals surface area contributed by atoms with Gasteiger partial charge in [0.15, 0.2) is 6.10 Å². The van der Waals surface area contributed by atoms with Crippen LogP contribution in [0.4, 0.5) is 5.69 Å². The molecule has 0 aliphatic carbocycles. The van der Waals surface area contributed by atoms with E-state index in [0.717, 1.165) is 12.1 Å². The zero-order valence-electron chi connectivity index (χ0n) is 14.4. The van der Waals surface area contributed by atoms with Crippen LogP contribution in [-0.2, 0) is 4.74 Å². The van der Waals surface area contributed by atoms with E-state index in [9.17, 15) is 19.7 Å². The average Bonchev–Trinajstić information content (AvgIpc) is 2.72. The van der Waals surface area contributed by atoms with Crippen molar-refractivity contribution in [2.24, 2.45) is 0 Å². The van der Waals surface area contributed by atoms with Crippen molar-refractivity contribution in [2.75, 3.05) is 0 Å². The first-order valence-corrected chi connectivity index (χ1v) is 8.64. The monoisotopic (exact) mass is 395 g/mol. The fourth-order valence-corrected chi connectivity index (χ4v) is 2.86. The molecule has 0 spiro atoms. The number of esters is 1. The highest BCUT2D eigenvalue weighted by molar-refractivity contribution is 6.33. The maximum Gasteiger partial charge on any atom is 0.340 e. The van der Waals surface area contributed by atoms with Gasteiger partial charge >= 0.3 is 5.97 Å². The lowest BCUT2D eigenvalue weighted by atomic mass is 10.00. The molecule has 0 aromatic heterocycles. The summed E-state index contributed by atoms with van der Waals surface area (Å²) in [5.74, 6) is -1.24. The van der Waals surface area contributed by atoms with Gasteiger partial charge in [-0.05, 0) is 6.07 Å². The number of carbonyl (C=O) groups excluding carboxylic acids is 2. The minimum atomic E-state index is -1.18. The summed E-state index contributed by atoms with van der Waals surface area (Å²) in [7, 11) is 0. The number of Topliss-reactive ketones (excluding diaryl/α,β-unsaturated/α-hetero) is 1. The largest absolute Gasteiger partial charge is 0.445 e. The molecule has 6 nitrogen and oxygen atoms in total. The number of rotatable bonds is 6. The first kappa shape index (κ1) is 19.3. The molecule has 1 atom stereocenters. The number of ether oxygens (including phenoxy) is 1. The lowest BCUT2D eigenvalue weighted by Crippen LogP contribution is -2.20. The quantitative estimate of drug-likeness (QED) is 0.253. The Labute approximate surface area is 165 Å². The van der Waals surface area contributed by atoms with E-state index in [1.807, 2.05) is 0 Å². The Morgan fingerprint density at radius 2 is 1.54 bits per heavy atom. The summed E-state index contributed by atoms with van der Waals surface area (Å²) < 4.78 is 5.48. The van der Waals surface area contributed by atoms with Crippen molar-refractivity contribution in [2.45, 2.75) is 6.10 Å². The van der Waals surface area contributed by atoms with E-state index in [4.69, 9.17) is 16.3 Å². The number of benzene rings is 3. The molecule has 0 saturated heterocycles. The third kappa shape index (κ3) is 4.24. The Bertz CT molecular complexity index is 1020. The van der Waals surface area contributed by atoms with Crippen LogP contribution in [0.2, 0.25) is 5.02 Å². The van der Waals surface area contributed by atoms with Crippen LogP contribution in [0, 0.1) is 10.1 Å². The number of nitro groups is 1. The first-order chi connectivity index (χ1) is 13.5. The van der Waals surface area contributed by atoms with E-state index in [0.29, 0.717) is 11.1 Å². The highest BCUT2D eigenvalue weighted by atomic mass is 35.5. The van der Waals surface area contributed by atoms with Gasteiger partial charge in [-0.1, -0.05) is 72.3 Å². The molecule has 3 rings (SSSR count). The van der Waals surface area contributed by atoms with E-state index in [-0.39, 0.29) is 16.3 Å². The molecule has 0 N–H and O–H groups in total. The van der Waals surface area contributed by atoms with Crippen LogP contribution >= 0.6 is 11.6 Å². The fraction of sp³-hybridized carbons (Fsp3) is 0.0476. The zero-order valence-corrected chi connectivity index (χ0v) is 15.2. The van der Waals surface area contributed by atoms with Gasteiger partial charge in [-0.15, -0.1) is 0 Å². The minimum absolute atomic E-state index is 0.0611. The van der Waals surface area contributed by atoms with Gasteiger partial charge in [0.2, 0.25) is 5.78 Å². The smallest absolute Gasteiger partial charge is 0.340 e. The molecule has 0 heterocycles. The number of ketones is 1. The molecule has 0 unspecified atom stereocenters. The molecule has 0 amide bonds. The van der Waals surface area contributed by atoms with Crippen LogP contribution in [0.25, 0.3) is 0 Å². The second kappa shape index (κ2) is 8.45. The zero-order chi connectivity index (χ0) is 20.1. The van der Waals surface area contributed by atoms with Crippen molar-refractivity contribution in [3.63, 3.8) is 0 Å². The van der Waals surface area contributed by atoms with Gasteiger partial charge in [0.25, 0.3) is 5.69 Å². The number of hydrogen-bond donors (Lipinski definition) is 0. The average molecular weight is 396 g/mol. The van der Waals surface area contributed by atoms with Crippen LogP contribution in [0.15, 0.2) is 78.9 Å². The topological polar surface area (TPSA) is 86.5 Å². The lowest BCUT2D eigenvalue weighted by molar-refractivity contribution is -0.384. The third-order valence-corrected chi connectivity index (χ3v) is 4.32. The van der Waals surface area contributed by atoms with Crippen molar-refractivity contribution >= 4 is 29.0 Å². The van der Waals surface area contributed by atoms with Crippen molar-refractivity contribution < 1.29 is 19.2 Å². The van der Waals surface area contributed by atoms with Crippen LogP contribution in [0.1, 0.15) is 32.4 Å². The van der Waals surface area contributed by atoms with E-state index in [2.05, 4.69) is 0 Å². The standard InChI is InChI=1S/C21H14ClNO5/c22-18-13-16(23(26)27)11-12-17(18)21(25)28-20(15-9-5-2-6-10-15)19(24)14-7-3-1-4-8-14/h1-13,20H/t20-/m0/s1. The second-order valence-corrected chi connectivity index (χ2v) is 6.25. The first-order valence-electron chi connectivity index (χ1n) is 8.26. The van der Waals surface area contributed by atoms with Crippen LogP contribution in [0.5, 0.6) is 0 Å². The van der Waals surface area contributed by atoms with Crippen molar-refractivity contribution in [1.29, 1.82) is 0 Å². The Balaban J connectivity index is 1.93.